The average Bonchev–Trinajstić information content (AvgIpc) is 3.12. The van der Waals surface area contributed by atoms with Crippen LogP contribution in [0, 0.1) is 5.92 Å². The fourth-order valence-electron chi connectivity index (χ4n) is 3.92. The van der Waals surface area contributed by atoms with E-state index < -0.39 is 24.2 Å². The van der Waals surface area contributed by atoms with E-state index in [-0.39, 0.29) is 6.04 Å². The summed E-state index contributed by atoms with van der Waals surface area (Å²) in [5, 5.41) is 9.23. The summed E-state index contributed by atoms with van der Waals surface area (Å²) in [6.45, 7) is 0. The van der Waals surface area contributed by atoms with Crippen molar-refractivity contribution in [2.24, 2.45) is 13.0 Å². The predicted molar refractivity (Wildman–Crippen MR) is 82.4 cm³/mol. The molecule has 0 aliphatic heterocycles. The minimum absolute atomic E-state index is 0.278. The molecular weight excluding hydrogens is 321 g/mol. The highest BCUT2D eigenvalue weighted by Crippen LogP contribution is 2.36. The highest BCUT2D eigenvalue weighted by atomic mass is 19.4. The minimum Gasteiger partial charge on any atom is -0.331 e. The number of hydrogen-bond donors (Lipinski definition) is 2. The topological polar surface area (TPSA) is 59.0 Å². The lowest BCUT2D eigenvalue weighted by Gasteiger charge is -2.29. The lowest BCUT2D eigenvalue weighted by molar-refractivity contribution is -0.164. The van der Waals surface area contributed by atoms with E-state index in [2.05, 4.69) is 15.7 Å². The molecule has 2 atom stereocenters. The van der Waals surface area contributed by atoms with E-state index in [0.717, 1.165) is 36.9 Å². The summed E-state index contributed by atoms with van der Waals surface area (Å²) in [7, 11) is 1.80. The second-order valence-corrected chi connectivity index (χ2v) is 6.83. The minimum atomic E-state index is -4.42. The first kappa shape index (κ1) is 17.1. The zero-order valence-corrected chi connectivity index (χ0v) is 13.7. The molecule has 2 aliphatic carbocycles. The van der Waals surface area contributed by atoms with Gasteiger partial charge in [-0.05, 0) is 38.0 Å². The van der Waals surface area contributed by atoms with Gasteiger partial charge in [0.25, 0.3) is 0 Å². The van der Waals surface area contributed by atoms with Crippen molar-refractivity contribution in [3.63, 3.8) is 0 Å². The number of amides is 2. The van der Waals surface area contributed by atoms with Gasteiger partial charge < -0.3 is 10.6 Å². The van der Waals surface area contributed by atoms with Crippen molar-refractivity contribution in [2.75, 3.05) is 0 Å². The molecule has 8 heteroatoms. The fraction of sp³-hybridized carbons (Fsp3) is 0.750. The summed E-state index contributed by atoms with van der Waals surface area (Å²) in [6.07, 6.45) is 2.44. The van der Waals surface area contributed by atoms with E-state index in [4.69, 9.17) is 0 Å². The Morgan fingerprint density at radius 3 is 2.67 bits per heavy atom. The number of carbonyl (C=O) groups is 1. The third kappa shape index (κ3) is 3.67. The molecule has 24 heavy (non-hydrogen) atoms. The Labute approximate surface area is 139 Å². The zero-order valence-electron chi connectivity index (χ0n) is 13.7. The van der Waals surface area contributed by atoms with Crippen LogP contribution in [0.3, 0.4) is 0 Å². The molecule has 0 spiro atoms. The van der Waals surface area contributed by atoms with Gasteiger partial charge in [0.2, 0.25) is 0 Å². The summed E-state index contributed by atoms with van der Waals surface area (Å²) in [6, 6.07) is -2.79. The van der Waals surface area contributed by atoms with Crippen LogP contribution in [0.1, 0.15) is 55.8 Å². The maximum atomic E-state index is 13.3. The lowest BCUT2D eigenvalue weighted by atomic mass is 9.93. The van der Waals surface area contributed by atoms with E-state index in [1.165, 1.54) is 0 Å². The Hall–Kier alpha value is -1.73. The van der Waals surface area contributed by atoms with E-state index in [0.29, 0.717) is 19.3 Å². The summed E-state index contributed by atoms with van der Waals surface area (Å²) in [5.41, 5.74) is 1.82. The van der Waals surface area contributed by atoms with Crippen LogP contribution in [0.4, 0.5) is 18.0 Å². The molecule has 3 rings (SSSR count). The highest BCUT2D eigenvalue weighted by Gasteiger charge is 2.46. The van der Waals surface area contributed by atoms with Crippen LogP contribution in [0.25, 0.3) is 0 Å². The molecule has 5 nitrogen and oxygen atoms in total. The maximum absolute atomic E-state index is 13.3. The molecule has 0 unspecified atom stereocenters. The number of hydrogen-bond acceptors (Lipinski definition) is 2. The molecule has 1 aromatic rings. The number of nitrogens with one attached hydrogen (secondary N) is 2. The average molecular weight is 344 g/mol. The molecule has 134 valence electrons. The van der Waals surface area contributed by atoms with Gasteiger partial charge in [-0.25, -0.2) is 4.79 Å². The van der Waals surface area contributed by atoms with Crippen LogP contribution in [-0.4, -0.2) is 28.0 Å². The smallest absolute Gasteiger partial charge is 0.331 e. The van der Waals surface area contributed by atoms with E-state index >= 15 is 0 Å². The van der Waals surface area contributed by atoms with Crippen molar-refractivity contribution in [2.45, 2.75) is 63.2 Å². The van der Waals surface area contributed by atoms with E-state index in [1.807, 2.05) is 6.20 Å². The second-order valence-electron chi connectivity index (χ2n) is 6.83. The van der Waals surface area contributed by atoms with Gasteiger partial charge >= 0.3 is 12.2 Å². The van der Waals surface area contributed by atoms with Crippen molar-refractivity contribution < 1.29 is 18.0 Å². The molecule has 2 N–H and O–H groups in total. The molecule has 1 heterocycles. The van der Waals surface area contributed by atoms with Gasteiger partial charge in [-0.2, -0.15) is 18.3 Å². The van der Waals surface area contributed by atoms with Crippen molar-refractivity contribution in [1.82, 2.24) is 20.4 Å². The van der Waals surface area contributed by atoms with Gasteiger partial charge in [0.05, 0.1) is 11.7 Å². The van der Waals surface area contributed by atoms with Gasteiger partial charge in [0, 0.05) is 18.8 Å². The molecule has 0 bridgehead atoms. The van der Waals surface area contributed by atoms with Crippen molar-refractivity contribution in [3.8, 4) is 0 Å². The predicted octanol–water partition coefficient (Wildman–Crippen LogP) is 3.22. The van der Waals surface area contributed by atoms with Gasteiger partial charge in [-0.1, -0.05) is 12.8 Å². The number of rotatable bonds is 3. The number of fused-ring (bicyclic) bond motifs is 1. The normalized spacial score (nSPS) is 22.9. The summed E-state index contributed by atoms with van der Waals surface area (Å²) in [5.74, 6) is -0.518. The molecule has 0 saturated heterocycles. The quantitative estimate of drug-likeness (QED) is 0.884. The summed E-state index contributed by atoms with van der Waals surface area (Å²) < 4.78 is 41.6. The first-order valence-electron chi connectivity index (χ1n) is 8.51. The monoisotopic (exact) mass is 344 g/mol. The molecule has 1 aromatic heterocycles. The number of carbonyl (C=O) groups excluding carboxylic acids is 1. The second kappa shape index (κ2) is 6.64. The third-order valence-electron chi connectivity index (χ3n) is 5.04. The highest BCUT2D eigenvalue weighted by molar-refractivity contribution is 5.75. The summed E-state index contributed by atoms with van der Waals surface area (Å²) >= 11 is 0. The SMILES string of the molecule is Cn1cc2c(n1)CCC[C@H]2NC(=O)N[C@H](C1CCCC1)C(F)(F)F. The van der Waals surface area contributed by atoms with Crippen molar-refractivity contribution >= 4 is 6.03 Å². The zero-order chi connectivity index (χ0) is 17.3. The largest absolute Gasteiger partial charge is 0.408 e. The van der Waals surface area contributed by atoms with Crippen LogP contribution < -0.4 is 10.6 Å². The molecule has 1 saturated carbocycles. The van der Waals surface area contributed by atoms with Crippen LogP contribution in [0.15, 0.2) is 6.20 Å². The third-order valence-corrected chi connectivity index (χ3v) is 5.04. The van der Waals surface area contributed by atoms with Gasteiger partial charge in [0.15, 0.2) is 0 Å². The van der Waals surface area contributed by atoms with Crippen molar-refractivity contribution in [1.29, 1.82) is 0 Å². The molecule has 2 aliphatic rings. The molecule has 2 amide bonds. The number of alkyl halides is 3. The van der Waals surface area contributed by atoms with E-state index in [1.54, 1.807) is 11.7 Å². The number of halogens is 3. The van der Waals surface area contributed by atoms with Crippen LogP contribution in [0.5, 0.6) is 0 Å². The number of aromatic nitrogens is 2. The Balaban J connectivity index is 1.66. The Morgan fingerprint density at radius 1 is 1.29 bits per heavy atom. The summed E-state index contributed by atoms with van der Waals surface area (Å²) in [4.78, 5) is 12.2. The Morgan fingerprint density at radius 2 is 2.00 bits per heavy atom. The van der Waals surface area contributed by atoms with Crippen LogP contribution >= 0.6 is 0 Å². The van der Waals surface area contributed by atoms with Crippen LogP contribution in [0.2, 0.25) is 0 Å². The van der Waals surface area contributed by atoms with Crippen LogP contribution in [-0.2, 0) is 13.5 Å². The molecule has 0 aromatic carbocycles. The number of nitrogens with zero attached hydrogens (tertiary/aromatic N) is 2. The Bertz CT molecular complexity index is 593. The van der Waals surface area contributed by atoms with Gasteiger partial charge in [-0.3, -0.25) is 4.68 Å². The molecule has 1 fully saturated rings. The Kier molecular flexibility index (Phi) is 4.73. The van der Waals surface area contributed by atoms with Crippen molar-refractivity contribution in [3.05, 3.63) is 17.5 Å². The fourth-order valence-corrected chi connectivity index (χ4v) is 3.92. The molecular formula is C16H23F3N4O. The standard InChI is InChI=1S/C16H23F3N4O/c1-23-9-11-12(7-4-8-13(11)22-23)20-15(24)21-14(16(17,18)19)10-5-2-3-6-10/h9-10,12,14H,2-8H2,1H3,(H2,20,21,24)/t12-,14-/m1/s1. The number of aryl methyl sites for hydroxylation is 2. The first-order valence-corrected chi connectivity index (χ1v) is 8.51. The van der Waals surface area contributed by atoms with Gasteiger partial charge in [-0.15, -0.1) is 0 Å². The molecule has 0 radical (unpaired) electrons. The number of urea groups is 1. The maximum Gasteiger partial charge on any atom is 0.408 e. The first-order chi connectivity index (χ1) is 11.3. The van der Waals surface area contributed by atoms with Gasteiger partial charge in [0.1, 0.15) is 6.04 Å². The van der Waals surface area contributed by atoms with E-state index in [9.17, 15) is 18.0 Å². The lowest BCUT2D eigenvalue weighted by Crippen LogP contribution is -2.53.